The van der Waals surface area contributed by atoms with Gasteiger partial charge < -0.3 is 0 Å². The third-order valence-corrected chi connectivity index (χ3v) is 2.61. The SMILES string of the molecule is O=Cc1c(Cl)cc(Cl)c(C(F)(F)F)c1Cl. The van der Waals surface area contributed by atoms with Crippen molar-refractivity contribution in [3.63, 3.8) is 0 Å². The fraction of sp³-hybridized carbons (Fsp3) is 0.125. The average Bonchev–Trinajstić information content (AvgIpc) is 2.00. The molecule has 0 bridgehead atoms. The molecule has 0 saturated heterocycles. The van der Waals surface area contributed by atoms with Crippen molar-refractivity contribution in [2.24, 2.45) is 0 Å². The molecule has 0 heterocycles. The van der Waals surface area contributed by atoms with Crippen LogP contribution in [0.2, 0.25) is 15.1 Å². The summed E-state index contributed by atoms with van der Waals surface area (Å²) in [5.41, 5.74) is -1.67. The largest absolute Gasteiger partial charge is 0.419 e. The predicted molar refractivity (Wildman–Crippen MR) is 51.9 cm³/mol. The molecule has 0 aliphatic rings. The van der Waals surface area contributed by atoms with Crippen LogP contribution in [0.25, 0.3) is 0 Å². The van der Waals surface area contributed by atoms with Crippen LogP contribution in [0.5, 0.6) is 0 Å². The van der Waals surface area contributed by atoms with Gasteiger partial charge in [0.25, 0.3) is 0 Å². The maximum Gasteiger partial charge on any atom is 0.419 e. The second-order valence-corrected chi connectivity index (χ2v) is 3.75. The molecule has 1 aromatic rings. The number of rotatable bonds is 1. The van der Waals surface area contributed by atoms with E-state index in [4.69, 9.17) is 34.8 Å². The molecule has 0 radical (unpaired) electrons. The van der Waals surface area contributed by atoms with E-state index in [0.717, 1.165) is 6.07 Å². The van der Waals surface area contributed by atoms with Crippen LogP contribution in [0.4, 0.5) is 13.2 Å². The van der Waals surface area contributed by atoms with Gasteiger partial charge >= 0.3 is 6.18 Å². The van der Waals surface area contributed by atoms with Gasteiger partial charge in [0.1, 0.15) is 0 Å². The Bertz CT molecular complexity index is 415. The first kappa shape index (κ1) is 12.6. The van der Waals surface area contributed by atoms with Gasteiger partial charge in [-0.3, -0.25) is 4.79 Å². The van der Waals surface area contributed by atoms with Crippen molar-refractivity contribution in [2.75, 3.05) is 0 Å². The molecule has 0 spiro atoms. The molecule has 0 saturated carbocycles. The minimum Gasteiger partial charge on any atom is -0.298 e. The fourth-order valence-electron chi connectivity index (χ4n) is 0.973. The van der Waals surface area contributed by atoms with E-state index in [9.17, 15) is 18.0 Å². The van der Waals surface area contributed by atoms with Gasteiger partial charge in [-0.05, 0) is 6.07 Å². The number of benzene rings is 1. The van der Waals surface area contributed by atoms with Gasteiger partial charge in [-0.25, -0.2) is 0 Å². The summed E-state index contributed by atoms with van der Waals surface area (Å²) in [5, 5.41) is -1.63. The lowest BCUT2D eigenvalue weighted by molar-refractivity contribution is -0.137. The number of aldehydes is 1. The van der Waals surface area contributed by atoms with E-state index >= 15 is 0 Å². The van der Waals surface area contributed by atoms with Crippen molar-refractivity contribution < 1.29 is 18.0 Å². The van der Waals surface area contributed by atoms with Gasteiger partial charge in [-0.2, -0.15) is 13.2 Å². The summed E-state index contributed by atoms with van der Waals surface area (Å²) >= 11 is 16.2. The lowest BCUT2D eigenvalue weighted by Gasteiger charge is -2.13. The smallest absolute Gasteiger partial charge is 0.298 e. The zero-order valence-corrected chi connectivity index (χ0v) is 9.10. The molecule has 7 heteroatoms. The first-order valence-electron chi connectivity index (χ1n) is 3.49. The summed E-state index contributed by atoms with van der Waals surface area (Å²) in [4.78, 5) is 10.5. The highest BCUT2D eigenvalue weighted by Gasteiger charge is 2.37. The van der Waals surface area contributed by atoms with Gasteiger partial charge in [0.2, 0.25) is 0 Å². The number of hydrogen-bond acceptors (Lipinski definition) is 1. The number of halogens is 6. The summed E-state index contributed by atoms with van der Waals surface area (Å²) < 4.78 is 37.3. The molecular formula is C8H2Cl3F3O. The molecule has 0 fully saturated rings. The zero-order valence-electron chi connectivity index (χ0n) is 6.83. The lowest BCUT2D eigenvalue weighted by atomic mass is 10.1. The molecule has 0 atom stereocenters. The molecule has 0 unspecified atom stereocenters. The highest BCUT2D eigenvalue weighted by molar-refractivity contribution is 6.42. The van der Waals surface area contributed by atoms with E-state index in [1.807, 2.05) is 0 Å². The standard InChI is InChI=1S/C8H2Cl3F3O/c9-4-1-5(10)6(8(12,13)14)7(11)3(4)2-15/h1-2H. The first-order valence-corrected chi connectivity index (χ1v) is 4.62. The molecule has 1 aromatic carbocycles. The summed E-state index contributed by atoms with van der Waals surface area (Å²) in [5.74, 6) is 0. The van der Waals surface area contributed by atoms with Crippen LogP contribution in [-0.4, -0.2) is 6.29 Å². The maximum atomic E-state index is 12.4. The topological polar surface area (TPSA) is 17.1 Å². The van der Waals surface area contributed by atoms with E-state index in [0.29, 0.717) is 0 Å². The highest BCUT2D eigenvalue weighted by atomic mass is 35.5. The van der Waals surface area contributed by atoms with Crippen LogP contribution in [0.3, 0.4) is 0 Å². The van der Waals surface area contributed by atoms with E-state index in [2.05, 4.69) is 0 Å². The van der Waals surface area contributed by atoms with Crippen molar-refractivity contribution in [1.82, 2.24) is 0 Å². The van der Waals surface area contributed by atoms with Crippen LogP contribution < -0.4 is 0 Å². The fourth-order valence-corrected chi connectivity index (χ4v) is 2.04. The Labute approximate surface area is 97.7 Å². The Morgan fingerprint density at radius 3 is 2.07 bits per heavy atom. The lowest BCUT2D eigenvalue weighted by Crippen LogP contribution is -2.08. The van der Waals surface area contributed by atoms with Crippen molar-refractivity contribution in [3.05, 3.63) is 32.3 Å². The van der Waals surface area contributed by atoms with Crippen molar-refractivity contribution >= 4 is 41.1 Å². The van der Waals surface area contributed by atoms with E-state index in [1.165, 1.54) is 0 Å². The molecule has 0 aliphatic heterocycles. The predicted octanol–water partition coefficient (Wildman–Crippen LogP) is 4.48. The second-order valence-electron chi connectivity index (χ2n) is 2.56. The summed E-state index contributed by atoms with van der Waals surface area (Å²) in [6, 6.07) is 0.835. The Morgan fingerprint density at radius 2 is 1.67 bits per heavy atom. The van der Waals surface area contributed by atoms with Gasteiger partial charge in [-0.1, -0.05) is 34.8 Å². The Morgan fingerprint density at radius 1 is 1.13 bits per heavy atom. The molecule has 15 heavy (non-hydrogen) atoms. The number of carbonyl (C=O) groups excluding carboxylic acids is 1. The van der Waals surface area contributed by atoms with Crippen molar-refractivity contribution in [1.29, 1.82) is 0 Å². The molecule has 0 aliphatic carbocycles. The molecule has 82 valence electrons. The quantitative estimate of drug-likeness (QED) is 0.692. The van der Waals surface area contributed by atoms with Gasteiger partial charge in [-0.15, -0.1) is 0 Å². The molecular weight excluding hydrogens is 275 g/mol. The minimum atomic E-state index is -4.73. The van der Waals surface area contributed by atoms with Crippen LogP contribution in [0.15, 0.2) is 6.07 Å². The monoisotopic (exact) mass is 276 g/mol. The summed E-state index contributed by atoms with van der Waals surface area (Å²) in [7, 11) is 0. The summed E-state index contributed by atoms with van der Waals surface area (Å²) in [6.45, 7) is 0. The molecule has 0 amide bonds. The highest BCUT2D eigenvalue weighted by Crippen LogP contribution is 2.42. The normalized spacial score (nSPS) is 11.6. The third-order valence-electron chi connectivity index (χ3n) is 1.61. The second kappa shape index (κ2) is 4.20. The van der Waals surface area contributed by atoms with Crippen molar-refractivity contribution in [3.8, 4) is 0 Å². The Kier molecular flexibility index (Phi) is 3.53. The van der Waals surface area contributed by atoms with E-state index in [1.54, 1.807) is 0 Å². The number of carbonyl (C=O) groups is 1. The number of hydrogen-bond donors (Lipinski definition) is 0. The van der Waals surface area contributed by atoms with E-state index < -0.39 is 27.3 Å². The Balaban J connectivity index is 3.60. The zero-order chi connectivity index (χ0) is 11.8. The molecule has 1 nitrogen and oxygen atoms in total. The van der Waals surface area contributed by atoms with Crippen LogP contribution in [-0.2, 0) is 6.18 Å². The Hall–Kier alpha value is -0.450. The number of alkyl halides is 3. The van der Waals surface area contributed by atoms with Gasteiger partial charge in [0.05, 0.1) is 26.2 Å². The van der Waals surface area contributed by atoms with Gasteiger partial charge in [0.15, 0.2) is 6.29 Å². The van der Waals surface area contributed by atoms with E-state index in [-0.39, 0.29) is 11.3 Å². The molecule has 0 N–H and O–H groups in total. The average molecular weight is 277 g/mol. The van der Waals surface area contributed by atoms with Crippen molar-refractivity contribution in [2.45, 2.75) is 6.18 Å². The molecule has 1 rings (SSSR count). The van der Waals surface area contributed by atoms with Crippen LogP contribution >= 0.6 is 34.8 Å². The van der Waals surface area contributed by atoms with Crippen LogP contribution in [0.1, 0.15) is 15.9 Å². The molecule has 0 aromatic heterocycles. The minimum absolute atomic E-state index is 0.149. The third kappa shape index (κ3) is 2.38. The first-order chi connectivity index (χ1) is 6.79. The van der Waals surface area contributed by atoms with Crippen LogP contribution in [0, 0.1) is 0 Å². The summed E-state index contributed by atoms with van der Waals surface area (Å²) in [6.07, 6.45) is -4.58. The van der Waals surface area contributed by atoms with Gasteiger partial charge in [0, 0.05) is 0 Å². The maximum absolute atomic E-state index is 12.4.